The van der Waals surface area contributed by atoms with E-state index in [1.165, 1.54) is 11.1 Å². The third kappa shape index (κ3) is 2.99. The molecule has 1 N–H and O–H groups in total. The fourth-order valence-electron chi connectivity index (χ4n) is 1.86. The van der Waals surface area contributed by atoms with Crippen LogP contribution in [0.4, 0.5) is 0 Å². The van der Waals surface area contributed by atoms with Crippen molar-refractivity contribution in [3.63, 3.8) is 0 Å². The maximum absolute atomic E-state index is 4.49. The molecule has 0 fully saturated rings. The summed E-state index contributed by atoms with van der Waals surface area (Å²) in [6.07, 6.45) is 1.82. The average molecular weight is 370 g/mol. The molecule has 1 aromatic carbocycles. The Morgan fingerprint density at radius 3 is 2.39 bits per heavy atom. The Bertz CT molecular complexity index is 538. The van der Waals surface area contributed by atoms with Crippen LogP contribution in [0.25, 0.3) is 0 Å². The average Bonchev–Trinajstić information content (AvgIpc) is 2.35. The molecule has 0 aliphatic heterocycles. The van der Waals surface area contributed by atoms with Crippen molar-refractivity contribution in [3.8, 4) is 0 Å². The molecule has 1 heterocycles. The van der Waals surface area contributed by atoms with Crippen molar-refractivity contribution in [2.45, 2.75) is 13.0 Å². The number of hydrogen-bond donors (Lipinski definition) is 1. The molecule has 1 aromatic heterocycles. The van der Waals surface area contributed by atoms with Gasteiger partial charge in [0.15, 0.2) is 0 Å². The van der Waals surface area contributed by atoms with Gasteiger partial charge in [-0.1, -0.05) is 29.8 Å². The van der Waals surface area contributed by atoms with Gasteiger partial charge >= 0.3 is 0 Å². The third-order valence-corrected chi connectivity index (χ3v) is 3.88. The number of pyridine rings is 1. The van der Waals surface area contributed by atoms with Gasteiger partial charge in [-0.2, -0.15) is 0 Å². The summed E-state index contributed by atoms with van der Waals surface area (Å²) in [7, 11) is 1.95. The molecular weight excluding hydrogens is 356 g/mol. The van der Waals surface area contributed by atoms with Crippen LogP contribution in [0.2, 0.25) is 0 Å². The van der Waals surface area contributed by atoms with E-state index in [-0.39, 0.29) is 6.04 Å². The van der Waals surface area contributed by atoms with E-state index in [0.717, 1.165) is 14.6 Å². The minimum Gasteiger partial charge on any atom is -0.308 e. The Hall–Kier alpha value is -0.710. The summed E-state index contributed by atoms with van der Waals surface area (Å²) in [5, 5.41) is 3.31. The van der Waals surface area contributed by atoms with Crippen molar-refractivity contribution in [2.24, 2.45) is 0 Å². The van der Waals surface area contributed by atoms with Crippen molar-refractivity contribution >= 4 is 31.9 Å². The highest BCUT2D eigenvalue weighted by Crippen LogP contribution is 2.28. The molecule has 2 aromatic rings. The van der Waals surface area contributed by atoms with E-state index in [9.17, 15) is 0 Å². The van der Waals surface area contributed by atoms with Crippen LogP contribution in [-0.2, 0) is 0 Å². The second-order valence-electron chi connectivity index (χ2n) is 4.15. The van der Waals surface area contributed by atoms with Crippen molar-refractivity contribution in [2.75, 3.05) is 7.05 Å². The fourth-order valence-corrected chi connectivity index (χ4v) is 3.07. The summed E-state index contributed by atoms with van der Waals surface area (Å²) >= 11 is 6.99. The monoisotopic (exact) mass is 368 g/mol. The highest BCUT2D eigenvalue weighted by molar-refractivity contribution is 9.11. The number of aryl methyl sites for hydroxylation is 1. The zero-order chi connectivity index (χ0) is 13.1. The van der Waals surface area contributed by atoms with Crippen molar-refractivity contribution in [1.82, 2.24) is 10.3 Å². The van der Waals surface area contributed by atoms with Crippen LogP contribution in [0.5, 0.6) is 0 Å². The summed E-state index contributed by atoms with van der Waals surface area (Å²) < 4.78 is 1.97. The summed E-state index contributed by atoms with van der Waals surface area (Å²) in [6.45, 7) is 2.09. The smallest absolute Gasteiger partial charge is 0.0761 e. The Labute approximate surface area is 124 Å². The van der Waals surface area contributed by atoms with Gasteiger partial charge in [0.05, 0.1) is 11.7 Å². The van der Waals surface area contributed by atoms with Gasteiger partial charge < -0.3 is 5.32 Å². The summed E-state index contributed by atoms with van der Waals surface area (Å²) in [6, 6.07) is 10.6. The van der Waals surface area contributed by atoms with E-state index in [1.54, 1.807) is 0 Å². The first-order valence-corrected chi connectivity index (χ1v) is 7.25. The topological polar surface area (TPSA) is 24.9 Å². The first kappa shape index (κ1) is 13.7. The van der Waals surface area contributed by atoms with E-state index >= 15 is 0 Å². The van der Waals surface area contributed by atoms with E-state index in [1.807, 2.05) is 19.3 Å². The molecule has 94 valence electrons. The second-order valence-corrected chi connectivity index (χ2v) is 5.92. The van der Waals surface area contributed by atoms with Gasteiger partial charge in [-0.3, -0.25) is 4.98 Å². The standard InChI is InChI=1S/C14H14Br2N2/c1-9-3-5-10(6-4-9)13(17-2)14-12(16)7-11(15)8-18-14/h3-8,13,17H,1-2H3. The first-order chi connectivity index (χ1) is 8.61. The van der Waals surface area contributed by atoms with Gasteiger partial charge in [0, 0.05) is 15.1 Å². The van der Waals surface area contributed by atoms with Crippen molar-refractivity contribution < 1.29 is 0 Å². The Morgan fingerprint density at radius 2 is 1.83 bits per heavy atom. The Kier molecular flexibility index (Phi) is 4.54. The Morgan fingerprint density at radius 1 is 1.17 bits per heavy atom. The lowest BCUT2D eigenvalue weighted by molar-refractivity contribution is 0.667. The molecular formula is C14H14Br2N2. The fraction of sp³-hybridized carbons (Fsp3) is 0.214. The zero-order valence-corrected chi connectivity index (χ0v) is 13.4. The van der Waals surface area contributed by atoms with Gasteiger partial charge in [-0.05, 0) is 57.5 Å². The van der Waals surface area contributed by atoms with Crippen LogP contribution in [0.15, 0.2) is 45.5 Å². The van der Waals surface area contributed by atoms with Gasteiger partial charge in [0.25, 0.3) is 0 Å². The molecule has 0 radical (unpaired) electrons. The Balaban J connectivity index is 2.41. The van der Waals surface area contributed by atoms with Crippen LogP contribution in [0.3, 0.4) is 0 Å². The van der Waals surface area contributed by atoms with Gasteiger partial charge in [-0.15, -0.1) is 0 Å². The van der Waals surface area contributed by atoms with Gasteiger partial charge in [0.1, 0.15) is 0 Å². The number of halogens is 2. The molecule has 2 nitrogen and oxygen atoms in total. The zero-order valence-electron chi connectivity index (χ0n) is 10.2. The molecule has 0 saturated carbocycles. The highest BCUT2D eigenvalue weighted by atomic mass is 79.9. The minimum atomic E-state index is 0.0908. The van der Waals surface area contributed by atoms with Crippen LogP contribution in [0.1, 0.15) is 22.9 Å². The van der Waals surface area contributed by atoms with E-state index in [4.69, 9.17) is 0 Å². The quantitative estimate of drug-likeness (QED) is 0.875. The predicted molar refractivity (Wildman–Crippen MR) is 81.7 cm³/mol. The van der Waals surface area contributed by atoms with E-state index < -0.39 is 0 Å². The van der Waals surface area contributed by atoms with Crippen molar-refractivity contribution in [3.05, 3.63) is 62.3 Å². The number of hydrogen-bond acceptors (Lipinski definition) is 2. The highest BCUT2D eigenvalue weighted by Gasteiger charge is 2.16. The maximum Gasteiger partial charge on any atom is 0.0761 e. The molecule has 4 heteroatoms. The van der Waals surface area contributed by atoms with Gasteiger partial charge in [-0.25, -0.2) is 0 Å². The lowest BCUT2D eigenvalue weighted by Gasteiger charge is -2.18. The number of rotatable bonds is 3. The molecule has 2 rings (SSSR count). The number of nitrogens with one attached hydrogen (secondary N) is 1. The van der Waals surface area contributed by atoms with Crippen molar-refractivity contribution in [1.29, 1.82) is 0 Å². The molecule has 0 spiro atoms. The summed E-state index contributed by atoms with van der Waals surface area (Å²) in [4.78, 5) is 4.49. The first-order valence-electron chi connectivity index (χ1n) is 5.66. The molecule has 1 unspecified atom stereocenters. The predicted octanol–water partition coefficient (Wildman–Crippen LogP) is 4.22. The van der Waals surface area contributed by atoms with E-state index in [2.05, 4.69) is 73.3 Å². The summed E-state index contributed by atoms with van der Waals surface area (Å²) in [5.41, 5.74) is 3.46. The molecule has 0 aliphatic carbocycles. The SMILES string of the molecule is CNC(c1ccc(C)cc1)c1ncc(Br)cc1Br. The summed E-state index contributed by atoms with van der Waals surface area (Å²) in [5.74, 6) is 0. The molecule has 1 atom stereocenters. The van der Waals surface area contributed by atoms with E-state index in [0.29, 0.717) is 0 Å². The lowest BCUT2D eigenvalue weighted by Crippen LogP contribution is -2.19. The second kappa shape index (κ2) is 5.95. The molecule has 0 aliphatic rings. The molecule has 0 bridgehead atoms. The number of benzene rings is 1. The number of nitrogens with zero attached hydrogens (tertiary/aromatic N) is 1. The van der Waals surface area contributed by atoms with Crippen LogP contribution >= 0.6 is 31.9 Å². The molecule has 0 amide bonds. The van der Waals surface area contributed by atoms with Crippen LogP contribution in [0, 0.1) is 6.92 Å². The maximum atomic E-state index is 4.49. The lowest BCUT2D eigenvalue weighted by atomic mass is 10.0. The minimum absolute atomic E-state index is 0.0908. The third-order valence-electron chi connectivity index (χ3n) is 2.81. The number of aromatic nitrogens is 1. The normalized spacial score (nSPS) is 12.4. The van der Waals surface area contributed by atoms with Gasteiger partial charge in [0.2, 0.25) is 0 Å². The van der Waals surface area contributed by atoms with Crippen LogP contribution < -0.4 is 5.32 Å². The largest absolute Gasteiger partial charge is 0.308 e. The molecule has 0 saturated heterocycles. The molecule has 18 heavy (non-hydrogen) atoms. The van der Waals surface area contributed by atoms with Crippen LogP contribution in [-0.4, -0.2) is 12.0 Å².